The highest BCUT2D eigenvalue weighted by Crippen LogP contribution is 2.62. The maximum Gasteiger partial charge on any atom is 0.126 e. The summed E-state index contributed by atoms with van der Waals surface area (Å²) in [5, 5.41) is 3.37. The lowest BCUT2D eigenvalue weighted by Crippen LogP contribution is -2.21. The molecule has 0 radical (unpaired) electrons. The molecule has 0 unspecified atom stereocenters. The van der Waals surface area contributed by atoms with Crippen molar-refractivity contribution in [1.82, 2.24) is 5.32 Å². The minimum absolute atomic E-state index is 0.235. The van der Waals surface area contributed by atoms with Gasteiger partial charge in [0.05, 0.1) is 0 Å². The Bertz CT molecular complexity index is 404. The van der Waals surface area contributed by atoms with Gasteiger partial charge in [-0.1, -0.05) is 27.7 Å². The van der Waals surface area contributed by atoms with E-state index in [1.807, 2.05) is 0 Å². The molecule has 1 saturated carbocycles. The molecule has 94 valence electrons. The number of benzene rings is 1. The van der Waals surface area contributed by atoms with Crippen LogP contribution in [0.25, 0.3) is 0 Å². The van der Waals surface area contributed by atoms with Crippen molar-refractivity contribution >= 4 is 0 Å². The lowest BCUT2D eigenvalue weighted by atomic mass is 10.0. The van der Waals surface area contributed by atoms with Crippen molar-refractivity contribution in [3.63, 3.8) is 0 Å². The predicted octanol–water partition coefficient (Wildman–Crippen LogP) is 3.49. The molecule has 0 heterocycles. The highest BCUT2D eigenvalue weighted by molar-refractivity contribution is 5.21. The minimum atomic E-state index is -0.517. The molecule has 0 saturated heterocycles. The van der Waals surface area contributed by atoms with Crippen LogP contribution in [0.15, 0.2) is 18.2 Å². The number of nitrogens with one attached hydrogen (secondary N) is 1. The van der Waals surface area contributed by atoms with E-state index in [0.29, 0.717) is 18.2 Å². The van der Waals surface area contributed by atoms with Gasteiger partial charge in [-0.05, 0) is 28.5 Å². The first-order chi connectivity index (χ1) is 7.75. The molecule has 1 N–H and O–H groups in total. The third kappa shape index (κ3) is 2.08. The van der Waals surface area contributed by atoms with E-state index >= 15 is 0 Å². The van der Waals surface area contributed by atoms with Gasteiger partial charge < -0.3 is 5.32 Å². The van der Waals surface area contributed by atoms with Gasteiger partial charge in [-0.3, -0.25) is 0 Å². The first kappa shape index (κ1) is 12.5. The van der Waals surface area contributed by atoms with Gasteiger partial charge >= 0.3 is 0 Å². The maximum absolute atomic E-state index is 13.0. The lowest BCUT2D eigenvalue weighted by molar-refractivity contribution is 0.457. The molecule has 1 aromatic carbocycles. The first-order valence-electron chi connectivity index (χ1n) is 5.93. The van der Waals surface area contributed by atoms with E-state index in [-0.39, 0.29) is 10.8 Å². The Morgan fingerprint density at radius 2 is 1.47 bits per heavy atom. The summed E-state index contributed by atoms with van der Waals surface area (Å²) < 4.78 is 26.0. The van der Waals surface area contributed by atoms with Gasteiger partial charge in [-0.15, -0.1) is 0 Å². The summed E-state index contributed by atoms with van der Waals surface area (Å²) in [6.07, 6.45) is 0. The lowest BCUT2D eigenvalue weighted by Gasteiger charge is -2.07. The van der Waals surface area contributed by atoms with Gasteiger partial charge in [0.2, 0.25) is 0 Å². The standard InChI is InChI=1S/C14H19F2N/c1-13(2)12(14(13,3)4)17-8-9-5-10(15)7-11(16)6-9/h5-7,12,17H,8H2,1-4H3. The minimum Gasteiger partial charge on any atom is -0.309 e. The van der Waals surface area contributed by atoms with Gasteiger partial charge in [0.1, 0.15) is 11.6 Å². The number of hydrogen-bond donors (Lipinski definition) is 1. The van der Waals surface area contributed by atoms with Crippen molar-refractivity contribution in [1.29, 1.82) is 0 Å². The van der Waals surface area contributed by atoms with Gasteiger partial charge in [-0.2, -0.15) is 0 Å². The van der Waals surface area contributed by atoms with Crippen LogP contribution in [0.2, 0.25) is 0 Å². The van der Waals surface area contributed by atoms with Gasteiger partial charge in [-0.25, -0.2) is 8.78 Å². The monoisotopic (exact) mass is 239 g/mol. The number of rotatable bonds is 3. The van der Waals surface area contributed by atoms with Crippen LogP contribution in [0.4, 0.5) is 8.78 Å². The van der Waals surface area contributed by atoms with E-state index in [1.165, 1.54) is 12.1 Å². The summed E-state index contributed by atoms with van der Waals surface area (Å²) in [6.45, 7) is 9.33. The smallest absolute Gasteiger partial charge is 0.126 e. The Labute approximate surface area is 101 Å². The zero-order valence-electron chi connectivity index (χ0n) is 10.8. The molecule has 1 nitrogen and oxygen atoms in total. The molecule has 1 fully saturated rings. The summed E-state index contributed by atoms with van der Waals surface area (Å²) in [4.78, 5) is 0. The fraction of sp³-hybridized carbons (Fsp3) is 0.571. The van der Waals surface area contributed by atoms with Gasteiger partial charge in [0, 0.05) is 18.7 Å². The van der Waals surface area contributed by atoms with Crippen LogP contribution in [-0.4, -0.2) is 6.04 Å². The molecule has 2 rings (SSSR count). The molecule has 0 bridgehead atoms. The van der Waals surface area contributed by atoms with Crippen molar-refractivity contribution in [2.45, 2.75) is 40.3 Å². The van der Waals surface area contributed by atoms with Crippen LogP contribution in [0.3, 0.4) is 0 Å². The van der Waals surface area contributed by atoms with Crippen LogP contribution in [0.1, 0.15) is 33.3 Å². The fourth-order valence-corrected chi connectivity index (χ4v) is 2.64. The van der Waals surface area contributed by atoms with E-state index in [0.717, 1.165) is 6.07 Å². The molecule has 0 aromatic heterocycles. The average molecular weight is 239 g/mol. The highest BCUT2D eigenvalue weighted by Gasteiger charge is 2.64. The summed E-state index contributed by atoms with van der Waals surface area (Å²) >= 11 is 0. The predicted molar refractivity (Wildman–Crippen MR) is 64.5 cm³/mol. The Kier molecular flexibility index (Phi) is 2.77. The quantitative estimate of drug-likeness (QED) is 0.851. The third-order valence-corrected chi connectivity index (χ3v) is 4.45. The fourth-order valence-electron chi connectivity index (χ4n) is 2.64. The summed E-state index contributed by atoms with van der Waals surface area (Å²) in [5.74, 6) is -1.03. The van der Waals surface area contributed by atoms with Crippen molar-refractivity contribution in [3.05, 3.63) is 35.4 Å². The Balaban J connectivity index is 2.00. The molecule has 17 heavy (non-hydrogen) atoms. The summed E-state index contributed by atoms with van der Waals surface area (Å²) in [6, 6.07) is 4.03. The molecule has 0 atom stereocenters. The van der Waals surface area contributed by atoms with Crippen molar-refractivity contribution < 1.29 is 8.78 Å². The van der Waals surface area contributed by atoms with Crippen molar-refractivity contribution in [2.75, 3.05) is 0 Å². The van der Waals surface area contributed by atoms with Crippen LogP contribution < -0.4 is 5.32 Å². The van der Waals surface area contributed by atoms with Crippen LogP contribution in [-0.2, 0) is 6.54 Å². The largest absolute Gasteiger partial charge is 0.309 e. The molecule has 1 aliphatic carbocycles. The second-order valence-corrected chi connectivity index (χ2v) is 6.03. The molecular formula is C14H19F2N. The molecule has 1 aromatic rings. The molecule has 0 spiro atoms. The molecule has 1 aliphatic rings. The van der Waals surface area contributed by atoms with Crippen LogP contribution >= 0.6 is 0 Å². The molecule has 0 amide bonds. The second kappa shape index (κ2) is 3.77. The molecule has 0 aliphatic heterocycles. The van der Waals surface area contributed by atoms with Gasteiger partial charge in [0.15, 0.2) is 0 Å². The first-order valence-corrected chi connectivity index (χ1v) is 5.93. The highest BCUT2D eigenvalue weighted by atomic mass is 19.1. The Morgan fingerprint density at radius 1 is 1.00 bits per heavy atom. The van der Waals surface area contributed by atoms with Gasteiger partial charge in [0.25, 0.3) is 0 Å². The summed E-state index contributed by atoms with van der Waals surface area (Å²) in [7, 11) is 0. The van der Waals surface area contributed by atoms with E-state index in [2.05, 4.69) is 33.0 Å². The van der Waals surface area contributed by atoms with E-state index in [4.69, 9.17) is 0 Å². The van der Waals surface area contributed by atoms with Crippen LogP contribution in [0.5, 0.6) is 0 Å². The zero-order chi connectivity index (χ0) is 12.8. The molecular weight excluding hydrogens is 220 g/mol. The number of hydrogen-bond acceptors (Lipinski definition) is 1. The average Bonchev–Trinajstić information content (AvgIpc) is 2.53. The number of halogens is 2. The Hall–Kier alpha value is -0.960. The van der Waals surface area contributed by atoms with E-state index < -0.39 is 11.6 Å². The Morgan fingerprint density at radius 3 is 1.88 bits per heavy atom. The van der Waals surface area contributed by atoms with Crippen LogP contribution in [0, 0.1) is 22.5 Å². The SMILES string of the molecule is CC1(C)C(NCc2cc(F)cc(F)c2)C1(C)C. The van der Waals surface area contributed by atoms with E-state index in [9.17, 15) is 8.78 Å². The second-order valence-electron chi connectivity index (χ2n) is 6.03. The third-order valence-electron chi connectivity index (χ3n) is 4.45. The topological polar surface area (TPSA) is 12.0 Å². The zero-order valence-corrected chi connectivity index (χ0v) is 10.8. The van der Waals surface area contributed by atoms with Crippen molar-refractivity contribution in [2.24, 2.45) is 10.8 Å². The van der Waals surface area contributed by atoms with E-state index in [1.54, 1.807) is 0 Å². The normalized spacial score (nSPS) is 21.5. The van der Waals surface area contributed by atoms with Crippen molar-refractivity contribution in [3.8, 4) is 0 Å². The maximum atomic E-state index is 13.0. The summed E-state index contributed by atoms with van der Waals surface area (Å²) in [5.41, 5.74) is 1.12. The molecule has 3 heteroatoms.